The predicted octanol–water partition coefficient (Wildman–Crippen LogP) is 7.49. The Labute approximate surface area is 208 Å². The Morgan fingerprint density at radius 3 is 1.56 bits per heavy atom. The maximum absolute atomic E-state index is 15.1. The summed E-state index contributed by atoms with van der Waals surface area (Å²) in [5, 5.41) is -0.240. The predicted molar refractivity (Wildman–Crippen MR) is 136 cm³/mol. The van der Waals surface area contributed by atoms with Crippen molar-refractivity contribution in [1.29, 1.82) is 0 Å². The highest BCUT2D eigenvalue weighted by molar-refractivity contribution is 8.13. The van der Waals surface area contributed by atoms with Gasteiger partial charge in [0.15, 0.2) is 5.12 Å². The Hall–Kier alpha value is -1.76. The van der Waals surface area contributed by atoms with Crippen molar-refractivity contribution in [3.05, 3.63) is 23.8 Å². The summed E-state index contributed by atoms with van der Waals surface area (Å²) in [6.07, 6.45) is 2.22. The average Bonchev–Trinajstić information content (AvgIpc) is 2.83. The number of carbonyl (C=O) groups is 3. The molecule has 0 spiro atoms. The van der Waals surface area contributed by atoms with E-state index in [1.165, 1.54) is 0 Å². The SMILES string of the molecule is CCC(C)C(C)C(=O)Sc1cc(N(C(=O)C(C)C(C)CC)C(=O)C(C)C(C)CC)c(F)cc1F. The maximum atomic E-state index is 15.1. The lowest BCUT2D eigenvalue weighted by Gasteiger charge is -2.31. The molecule has 6 atom stereocenters. The van der Waals surface area contributed by atoms with Crippen LogP contribution in [0.5, 0.6) is 0 Å². The third-order valence-corrected chi connectivity index (χ3v) is 8.64. The van der Waals surface area contributed by atoms with Gasteiger partial charge in [-0.1, -0.05) is 81.6 Å². The van der Waals surface area contributed by atoms with Crippen molar-refractivity contribution in [2.45, 2.75) is 86.5 Å². The zero-order chi connectivity index (χ0) is 26.3. The van der Waals surface area contributed by atoms with E-state index in [4.69, 9.17) is 0 Å². The smallest absolute Gasteiger partial charge is 0.236 e. The van der Waals surface area contributed by atoms with Crippen molar-refractivity contribution in [3.8, 4) is 0 Å². The van der Waals surface area contributed by atoms with Crippen LogP contribution in [0.15, 0.2) is 17.0 Å². The van der Waals surface area contributed by atoms with Gasteiger partial charge in [0.25, 0.3) is 0 Å². The fourth-order valence-corrected chi connectivity index (χ4v) is 4.46. The van der Waals surface area contributed by atoms with Crippen LogP contribution in [0.25, 0.3) is 0 Å². The highest BCUT2D eigenvalue weighted by atomic mass is 32.2. The number of amides is 2. The number of halogens is 2. The van der Waals surface area contributed by atoms with Crippen LogP contribution < -0.4 is 4.90 Å². The van der Waals surface area contributed by atoms with E-state index in [1.54, 1.807) is 20.8 Å². The lowest BCUT2D eigenvalue weighted by Crippen LogP contribution is -2.46. The first-order valence-electron chi connectivity index (χ1n) is 12.4. The lowest BCUT2D eigenvalue weighted by atomic mass is 9.89. The molecular weight excluding hydrogens is 456 g/mol. The van der Waals surface area contributed by atoms with Crippen molar-refractivity contribution in [3.63, 3.8) is 0 Å². The van der Waals surface area contributed by atoms with E-state index < -0.39 is 35.3 Å². The summed E-state index contributed by atoms with van der Waals surface area (Å²) in [5.74, 6) is -4.27. The minimum atomic E-state index is -1.00. The lowest BCUT2D eigenvalue weighted by molar-refractivity contribution is -0.132. The molecule has 0 radical (unpaired) electrons. The van der Waals surface area contributed by atoms with Crippen LogP contribution in [0.1, 0.15) is 81.6 Å². The Balaban J connectivity index is 3.56. The van der Waals surface area contributed by atoms with Crippen molar-refractivity contribution in [1.82, 2.24) is 0 Å². The second-order valence-electron chi connectivity index (χ2n) is 9.69. The van der Waals surface area contributed by atoms with Crippen LogP contribution in [-0.4, -0.2) is 16.9 Å². The van der Waals surface area contributed by atoms with Gasteiger partial charge in [0.05, 0.1) is 10.6 Å². The molecule has 4 nitrogen and oxygen atoms in total. The van der Waals surface area contributed by atoms with Crippen molar-refractivity contribution < 1.29 is 23.2 Å². The van der Waals surface area contributed by atoms with Gasteiger partial charge in [0.1, 0.15) is 11.6 Å². The Morgan fingerprint density at radius 1 is 0.735 bits per heavy atom. The number of imide groups is 1. The van der Waals surface area contributed by atoms with Gasteiger partial charge in [-0.15, -0.1) is 0 Å². The molecule has 1 aromatic carbocycles. The molecule has 0 saturated carbocycles. The molecule has 6 unspecified atom stereocenters. The monoisotopic (exact) mass is 497 g/mol. The molecule has 1 aromatic rings. The molecular formula is C27H41F2NO3S. The largest absolute Gasteiger partial charge is 0.287 e. The fourth-order valence-electron chi connectivity index (χ4n) is 3.50. The van der Waals surface area contributed by atoms with Gasteiger partial charge >= 0.3 is 0 Å². The molecule has 0 fully saturated rings. The number of carbonyl (C=O) groups excluding carboxylic acids is 3. The van der Waals surface area contributed by atoms with E-state index in [0.717, 1.165) is 17.4 Å². The molecule has 0 saturated heterocycles. The zero-order valence-electron chi connectivity index (χ0n) is 22.1. The molecule has 0 aromatic heterocycles. The van der Waals surface area contributed by atoms with E-state index in [-0.39, 0.29) is 39.4 Å². The van der Waals surface area contributed by atoms with Crippen molar-refractivity contribution in [2.24, 2.45) is 35.5 Å². The number of hydrogen-bond acceptors (Lipinski definition) is 4. The van der Waals surface area contributed by atoms with Crippen molar-refractivity contribution >= 4 is 34.4 Å². The Bertz CT molecular complexity index is 848. The molecule has 7 heteroatoms. The molecule has 0 heterocycles. The molecule has 34 heavy (non-hydrogen) atoms. The van der Waals surface area contributed by atoms with E-state index in [2.05, 4.69) is 0 Å². The quantitative estimate of drug-likeness (QED) is 0.297. The van der Waals surface area contributed by atoms with Gasteiger partial charge in [0, 0.05) is 23.8 Å². The zero-order valence-corrected chi connectivity index (χ0v) is 22.9. The number of rotatable bonds is 11. The first-order valence-corrected chi connectivity index (χ1v) is 13.2. The summed E-state index contributed by atoms with van der Waals surface area (Å²) in [6, 6.07) is 1.80. The van der Waals surface area contributed by atoms with Crippen LogP contribution in [0.3, 0.4) is 0 Å². The number of benzene rings is 1. The van der Waals surface area contributed by atoms with E-state index in [1.807, 2.05) is 41.5 Å². The fraction of sp³-hybridized carbons (Fsp3) is 0.667. The molecule has 0 aliphatic carbocycles. The number of thioether (sulfide) groups is 1. The summed E-state index contributed by atoms with van der Waals surface area (Å²) in [5.41, 5.74) is -0.298. The highest BCUT2D eigenvalue weighted by Gasteiger charge is 2.36. The topological polar surface area (TPSA) is 54.5 Å². The second kappa shape index (κ2) is 13.4. The van der Waals surface area contributed by atoms with Crippen molar-refractivity contribution in [2.75, 3.05) is 4.90 Å². The third-order valence-electron chi connectivity index (χ3n) is 7.54. The molecule has 0 aliphatic rings. The van der Waals surface area contributed by atoms with Gasteiger partial charge in [0.2, 0.25) is 11.8 Å². The van der Waals surface area contributed by atoms with E-state index in [0.29, 0.717) is 30.7 Å². The second-order valence-corrected chi connectivity index (χ2v) is 10.7. The van der Waals surface area contributed by atoms with Gasteiger partial charge < -0.3 is 0 Å². The molecule has 1 rings (SSSR count). The summed E-state index contributed by atoms with van der Waals surface area (Å²) >= 11 is 0.694. The maximum Gasteiger partial charge on any atom is 0.236 e. The first-order chi connectivity index (χ1) is 15.8. The van der Waals surface area contributed by atoms with Crippen LogP contribution >= 0.6 is 11.8 Å². The minimum Gasteiger partial charge on any atom is -0.287 e. The van der Waals surface area contributed by atoms with E-state index >= 15 is 4.39 Å². The minimum absolute atomic E-state index is 0.0305. The number of hydrogen-bond donors (Lipinski definition) is 0. The average molecular weight is 498 g/mol. The normalized spacial score (nSPS) is 16.8. The Kier molecular flexibility index (Phi) is 11.9. The highest BCUT2D eigenvalue weighted by Crippen LogP contribution is 2.35. The molecule has 0 bridgehead atoms. The first kappa shape index (κ1) is 30.3. The standard InChI is InChI=1S/C27H41F2NO3S/c1-10-15(4)18(7)25(31)30(26(32)19(8)16(5)11-2)23-14-24(22(29)13-21(23)28)34-27(33)20(9)17(6)12-3/h13-20H,10-12H2,1-9H3. The van der Waals surface area contributed by atoms with Crippen LogP contribution in [-0.2, 0) is 14.4 Å². The summed E-state index contributed by atoms with van der Waals surface area (Å²) in [6.45, 7) is 16.8. The van der Waals surface area contributed by atoms with Crippen LogP contribution in [0.2, 0.25) is 0 Å². The molecule has 2 amide bonds. The van der Waals surface area contributed by atoms with Crippen LogP contribution in [0.4, 0.5) is 14.5 Å². The molecule has 192 valence electrons. The van der Waals surface area contributed by atoms with E-state index in [9.17, 15) is 18.8 Å². The Morgan fingerprint density at radius 2 is 1.15 bits per heavy atom. The number of nitrogens with zero attached hydrogens (tertiary/aromatic N) is 1. The van der Waals surface area contributed by atoms with Gasteiger partial charge in [-0.3, -0.25) is 14.4 Å². The molecule has 0 N–H and O–H groups in total. The summed E-state index contributed by atoms with van der Waals surface area (Å²) < 4.78 is 29.8. The van der Waals surface area contributed by atoms with Gasteiger partial charge in [-0.2, -0.15) is 0 Å². The third kappa shape index (κ3) is 7.12. The summed E-state index contributed by atoms with van der Waals surface area (Å²) in [4.78, 5) is 40.5. The molecule has 0 aliphatic heterocycles. The summed E-state index contributed by atoms with van der Waals surface area (Å²) in [7, 11) is 0. The van der Waals surface area contributed by atoms with Gasteiger partial charge in [-0.05, 0) is 35.6 Å². The van der Waals surface area contributed by atoms with Crippen LogP contribution in [0, 0.1) is 47.1 Å². The van der Waals surface area contributed by atoms with Gasteiger partial charge in [-0.25, -0.2) is 13.7 Å². The number of anilines is 1.